The van der Waals surface area contributed by atoms with Crippen molar-refractivity contribution in [3.8, 4) is 11.5 Å². The minimum Gasteiger partial charge on any atom is -0.423 e. The monoisotopic (exact) mass is 382 g/mol. The molecular weight excluding hydrogens is 364 g/mol. The third kappa shape index (κ3) is 5.68. The van der Waals surface area contributed by atoms with Gasteiger partial charge >= 0.3 is 0 Å². The normalized spacial score (nSPS) is 10.4. The number of anilines is 2. The number of rotatable bonds is 7. The summed E-state index contributed by atoms with van der Waals surface area (Å²) in [4.78, 5) is 24.0. The second-order valence-electron chi connectivity index (χ2n) is 5.78. The molecular formula is C19H18N4O3S. The maximum Gasteiger partial charge on any atom is 0.247 e. The van der Waals surface area contributed by atoms with Gasteiger partial charge in [-0.25, -0.2) is 0 Å². The fraction of sp³-hybridized carbons (Fsp3) is 0.158. The van der Waals surface area contributed by atoms with Gasteiger partial charge in [-0.05, 0) is 37.3 Å². The number of aromatic nitrogens is 2. The zero-order valence-corrected chi connectivity index (χ0v) is 15.5. The standard InChI is InChI=1S/C19H18N4O3S/c1-13-5-7-15(8-6-13)21-17(24)10-27-11-18(25)22-16-4-2-3-14(9-16)19-23-20-12-26-19/h2-9,12H,10-11H2,1H3,(H,21,24)(H,22,25). The number of hydrogen-bond acceptors (Lipinski definition) is 6. The van der Waals surface area contributed by atoms with Gasteiger partial charge in [0.25, 0.3) is 0 Å². The van der Waals surface area contributed by atoms with E-state index in [4.69, 9.17) is 4.42 Å². The van der Waals surface area contributed by atoms with Crippen molar-refractivity contribution in [3.63, 3.8) is 0 Å². The molecule has 0 saturated carbocycles. The number of aryl methyl sites for hydroxylation is 1. The minimum absolute atomic E-state index is 0.143. The van der Waals surface area contributed by atoms with E-state index < -0.39 is 0 Å². The van der Waals surface area contributed by atoms with Crippen LogP contribution in [0.25, 0.3) is 11.5 Å². The largest absolute Gasteiger partial charge is 0.423 e. The van der Waals surface area contributed by atoms with Crippen LogP contribution in [0.15, 0.2) is 59.3 Å². The Morgan fingerprint density at radius 3 is 2.37 bits per heavy atom. The minimum atomic E-state index is -0.189. The van der Waals surface area contributed by atoms with Gasteiger partial charge in [0.15, 0.2) is 0 Å². The van der Waals surface area contributed by atoms with Crippen LogP contribution in [-0.4, -0.2) is 33.5 Å². The van der Waals surface area contributed by atoms with Gasteiger partial charge < -0.3 is 15.1 Å². The molecule has 0 saturated heterocycles. The van der Waals surface area contributed by atoms with E-state index in [0.29, 0.717) is 11.6 Å². The molecule has 7 nitrogen and oxygen atoms in total. The zero-order valence-electron chi connectivity index (χ0n) is 14.6. The van der Waals surface area contributed by atoms with Gasteiger partial charge in [0, 0.05) is 16.9 Å². The summed E-state index contributed by atoms with van der Waals surface area (Å²) in [6, 6.07) is 14.7. The molecule has 2 N–H and O–H groups in total. The van der Waals surface area contributed by atoms with Crippen LogP contribution in [0.5, 0.6) is 0 Å². The molecule has 0 bridgehead atoms. The molecule has 3 rings (SSSR count). The molecule has 0 radical (unpaired) electrons. The van der Waals surface area contributed by atoms with Crippen molar-refractivity contribution in [2.45, 2.75) is 6.92 Å². The van der Waals surface area contributed by atoms with Gasteiger partial charge in [0.05, 0.1) is 11.5 Å². The van der Waals surface area contributed by atoms with Crippen LogP contribution in [0.4, 0.5) is 11.4 Å². The summed E-state index contributed by atoms with van der Waals surface area (Å²) >= 11 is 1.25. The summed E-state index contributed by atoms with van der Waals surface area (Å²) in [6.07, 6.45) is 1.25. The summed E-state index contributed by atoms with van der Waals surface area (Å²) in [7, 11) is 0. The Kier molecular flexibility index (Phi) is 6.22. The Labute approximate surface area is 160 Å². The van der Waals surface area contributed by atoms with Gasteiger partial charge in [-0.1, -0.05) is 23.8 Å². The van der Waals surface area contributed by atoms with Crippen molar-refractivity contribution in [3.05, 3.63) is 60.5 Å². The maximum absolute atomic E-state index is 12.1. The van der Waals surface area contributed by atoms with E-state index in [9.17, 15) is 9.59 Å². The van der Waals surface area contributed by atoms with Crippen molar-refractivity contribution in [2.75, 3.05) is 22.1 Å². The fourth-order valence-corrected chi connectivity index (χ4v) is 2.91. The molecule has 138 valence electrons. The first-order chi connectivity index (χ1) is 13.1. The van der Waals surface area contributed by atoms with Crippen LogP contribution in [0.3, 0.4) is 0 Å². The molecule has 0 spiro atoms. The highest BCUT2D eigenvalue weighted by Crippen LogP contribution is 2.20. The first-order valence-corrected chi connectivity index (χ1v) is 9.36. The van der Waals surface area contributed by atoms with Crippen molar-refractivity contribution in [2.24, 2.45) is 0 Å². The quantitative estimate of drug-likeness (QED) is 0.650. The SMILES string of the molecule is Cc1ccc(NC(=O)CSCC(=O)Nc2cccc(-c3nnco3)c2)cc1. The number of thioether (sulfide) groups is 1. The predicted molar refractivity (Wildman–Crippen MR) is 105 cm³/mol. The highest BCUT2D eigenvalue weighted by atomic mass is 32.2. The summed E-state index contributed by atoms with van der Waals surface area (Å²) < 4.78 is 5.14. The van der Waals surface area contributed by atoms with Gasteiger partial charge in [0.1, 0.15) is 0 Å². The van der Waals surface area contributed by atoms with Crippen molar-refractivity contribution < 1.29 is 14.0 Å². The van der Waals surface area contributed by atoms with Crippen molar-refractivity contribution in [1.82, 2.24) is 10.2 Å². The van der Waals surface area contributed by atoms with Crippen LogP contribution < -0.4 is 10.6 Å². The molecule has 0 unspecified atom stereocenters. The molecule has 3 aromatic rings. The number of benzene rings is 2. The van der Waals surface area contributed by atoms with Gasteiger partial charge in [-0.2, -0.15) is 0 Å². The highest BCUT2D eigenvalue weighted by molar-refractivity contribution is 8.00. The molecule has 0 fully saturated rings. The summed E-state index contributed by atoms with van der Waals surface area (Å²) in [6.45, 7) is 1.98. The zero-order chi connectivity index (χ0) is 19.1. The van der Waals surface area contributed by atoms with Crippen LogP contribution >= 0.6 is 11.8 Å². The second kappa shape index (κ2) is 9.00. The first kappa shape index (κ1) is 18.7. The van der Waals surface area contributed by atoms with Gasteiger partial charge in [-0.15, -0.1) is 22.0 Å². The predicted octanol–water partition coefficient (Wildman–Crippen LogP) is 3.36. The number of hydrogen-bond donors (Lipinski definition) is 2. The molecule has 2 aromatic carbocycles. The lowest BCUT2D eigenvalue weighted by Crippen LogP contribution is -2.18. The van der Waals surface area contributed by atoms with Crippen LogP contribution in [0.2, 0.25) is 0 Å². The van der Waals surface area contributed by atoms with Crippen LogP contribution in [0.1, 0.15) is 5.56 Å². The molecule has 0 aliphatic rings. The van der Waals surface area contributed by atoms with Gasteiger partial charge in [0.2, 0.25) is 24.1 Å². The molecule has 0 aliphatic heterocycles. The topological polar surface area (TPSA) is 97.1 Å². The molecule has 1 heterocycles. The molecule has 0 aliphatic carbocycles. The number of amides is 2. The molecule has 2 amide bonds. The molecule has 1 aromatic heterocycles. The smallest absolute Gasteiger partial charge is 0.247 e. The second-order valence-corrected chi connectivity index (χ2v) is 6.77. The maximum atomic E-state index is 12.1. The number of carbonyl (C=O) groups excluding carboxylic acids is 2. The fourth-order valence-electron chi connectivity index (χ4n) is 2.30. The van der Waals surface area contributed by atoms with E-state index in [1.807, 2.05) is 37.3 Å². The lowest BCUT2D eigenvalue weighted by molar-refractivity contribution is -0.114. The highest BCUT2D eigenvalue weighted by Gasteiger charge is 2.09. The van der Waals surface area contributed by atoms with Crippen LogP contribution in [0, 0.1) is 6.92 Å². The van der Waals surface area contributed by atoms with E-state index >= 15 is 0 Å². The average molecular weight is 382 g/mol. The Hall–Kier alpha value is -3.13. The molecule has 27 heavy (non-hydrogen) atoms. The first-order valence-electron chi connectivity index (χ1n) is 8.21. The Bertz CT molecular complexity index is 911. The van der Waals surface area contributed by atoms with Crippen LogP contribution in [-0.2, 0) is 9.59 Å². The summed E-state index contributed by atoms with van der Waals surface area (Å²) in [5.41, 5.74) is 3.21. The average Bonchev–Trinajstić information content (AvgIpc) is 3.19. The third-order valence-electron chi connectivity index (χ3n) is 3.55. The molecule has 8 heteroatoms. The lowest BCUT2D eigenvalue weighted by atomic mass is 10.2. The van der Waals surface area contributed by atoms with Gasteiger partial charge in [-0.3, -0.25) is 9.59 Å². The number of nitrogens with one attached hydrogen (secondary N) is 2. The van der Waals surface area contributed by atoms with E-state index in [1.165, 1.54) is 18.2 Å². The van der Waals surface area contributed by atoms with E-state index in [-0.39, 0.29) is 23.3 Å². The lowest BCUT2D eigenvalue weighted by Gasteiger charge is -2.07. The van der Waals surface area contributed by atoms with E-state index in [1.54, 1.807) is 18.2 Å². The molecule has 0 atom stereocenters. The summed E-state index contributed by atoms with van der Waals surface area (Å²) in [5.74, 6) is 0.421. The Morgan fingerprint density at radius 1 is 1.00 bits per heavy atom. The Balaban J connectivity index is 1.44. The van der Waals surface area contributed by atoms with Crippen molar-refractivity contribution >= 4 is 35.0 Å². The summed E-state index contributed by atoms with van der Waals surface area (Å²) in [5, 5.41) is 13.1. The Morgan fingerprint density at radius 2 is 1.70 bits per heavy atom. The van der Waals surface area contributed by atoms with E-state index in [2.05, 4.69) is 20.8 Å². The number of nitrogens with zero attached hydrogens (tertiary/aromatic N) is 2. The third-order valence-corrected chi connectivity index (χ3v) is 4.49. The number of carbonyl (C=O) groups is 2. The van der Waals surface area contributed by atoms with Crippen molar-refractivity contribution in [1.29, 1.82) is 0 Å². The van der Waals surface area contributed by atoms with E-state index in [0.717, 1.165) is 16.8 Å².